The van der Waals surface area contributed by atoms with Crippen LogP contribution in [0.25, 0.3) is 0 Å². The van der Waals surface area contributed by atoms with Gasteiger partial charge in [-0.05, 0) is 30.2 Å². The lowest BCUT2D eigenvalue weighted by molar-refractivity contribution is -0.121. The van der Waals surface area contributed by atoms with E-state index in [0.717, 1.165) is 16.7 Å². The summed E-state index contributed by atoms with van der Waals surface area (Å²) in [5, 5.41) is 5.71. The van der Waals surface area contributed by atoms with Crippen LogP contribution < -0.4 is 10.6 Å². The van der Waals surface area contributed by atoms with Crippen LogP contribution in [0.5, 0.6) is 0 Å². The summed E-state index contributed by atoms with van der Waals surface area (Å²) in [6.45, 7) is 3.40. The van der Waals surface area contributed by atoms with Gasteiger partial charge in [-0.1, -0.05) is 42.0 Å². The maximum Gasteiger partial charge on any atom is 0.251 e. The number of rotatable bonds is 8. The van der Waals surface area contributed by atoms with Gasteiger partial charge in [0.25, 0.3) is 5.91 Å². The third-order valence-electron chi connectivity index (χ3n) is 4.42. The van der Waals surface area contributed by atoms with E-state index < -0.39 is 0 Å². The van der Waals surface area contributed by atoms with Crippen molar-refractivity contribution in [1.29, 1.82) is 0 Å². The number of carbonyl (C=O) groups is 2. The maximum atomic E-state index is 12.1. The summed E-state index contributed by atoms with van der Waals surface area (Å²) < 4.78 is 1.99. The van der Waals surface area contributed by atoms with E-state index in [1.54, 1.807) is 18.6 Å². The molecule has 1 heterocycles. The Bertz CT molecular complexity index is 935. The lowest BCUT2D eigenvalue weighted by Gasteiger charge is -2.11. The van der Waals surface area contributed by atoms with Gasteiger partial charge in [-0.3, -0.25) is 9.59 Å². The first-order chi connectivity index (χ1) is 13.6. The molecule has 3 rings (SSSR count). The third-order valence-corrected chi connectivity index (χ3v) is 4.42. The van der Waals surface area contributed by atoms with E-state index in [4.69, 9.17) is 0 Å². The molecule has 144 valence electrons. The van der Waals surface area contributed by atoms with Gasteiger partial charge in [0.2, 0.25) is 5.91 Å². The van der Waals surface area contributed by atoms with Gasteiger partial charge in [-0.2, -0.15) is 0 Å². The van der Waals surface area contributed by atoms with Crippen LogP contribution >= 0.6 is 0 Å². The molecule has 3 aromatic rings. The van der Waals surface area contributed by atoms with Gasteiger partial charge >= 0.3 is 0 Å². The smallest absolute Gasteiger partial charge is 0.251 e. The molecule has 0 spiro atoms. The molecule has 0 bridgehead atoms. The monoisotopic (exact) mass is 376 g/mol. The van der Waals surface area contributed by atoms with E-state index >= 15 is 0 Å². The molecule has 0 saturated carbocycles. The van der Waals surface area contributed by atoms with Crippen molar-refractivity contribution < 1.29 is 9.59 Å². The second kappa shape index (κ2) is 9.50. The van der Waals surface area contributed by atoms with Gasteiger partial charge < -0.3 is 15.2 Å². The van der Waals surface area contributed by atoms with Gasteiger partial charge in [0.05, 0.1) is 6.33 Å². The molecular formula is C22H24N4O2. The molecule has 0 atom stereocenters. The summed E-state index contributed by atoms with van der Waals surface area (Å²) in [6.07, 6.45) is 5.66. The summed E-state index contributed by atoms with van der Waals surface area (Å²) in [6, 6.07) is 15.4. The molecule has 1 aromatic heterocycles. The summed E-state index contributed by atoms with van der Waals surface area (Å²) in [5.74, 6) is -0.260. The second-order valence-corrected chi connectivity index (χ2v) is 6.66. The fourth-order valence-electron chi connectivity index (χ4n) is 2.92. The Morgan fingerprint density at radius 2 is 1.86 bits per heavy atom. The van der Waals surface area contributed by atoms with Crippen LogP contribution in [0.15, 0.2) is 67.3 Å². The van der Waals surface area contributed by atoms with Crippen molar-refractivity contribution in [3.63, 3.8) is 0 Å². The molecule has 0 aliphatic heterocycles. The zero-order chi connectivity index (χ0) is 19.8. The number of nitrogens with one attached hydrogen (secondary N) is 2. The first kappa shape index (κ1) is 19.4. The van der Waals surface area contributed by atoms with Crippen molar-refractivity contribution >= 4 is 11.8 Å². The lowest BCUT2D eigenvalue weighted by atomic mass is 10.1. The van der Waals surface area contributed by atoms with Gasteiger partial charge in [-0.25, -0.2) is 4.98 Å². The molecule has 0 radical (unpaired) electrons. The first-order valence-corrected chi connectivity index (χ1v) is 9.26. The van der Waals surface area contributed by atoms with Crippen molar-refractivity contribution in [3.8, 4) is 0 Å². The van der Waals surface area contributed by atoms with Crippen LogP contribution in [-0.2, 0) is 17.9 Å². The van der Waals surface area contributed by atoms with Crippen LogP contribution in [-0.4, -0.2) is 27.9 Å². The van der Waals surface area contributed by atoms with E-state index in [0.29, 0.717) is 25.2 Å². The largest absolute Gasteiger partial charge is 0.352 e. The second-order valence-electron chi connectivity index (χ2n) is 6.66. The summed E-state index contributed by atoms with van der Waals surface area (Å²) in [5.41, 5.74) is 3.83. The normalized spacial score (nSPS) is 10.5. The zero-order valence-corrected chi connectivity index (χ0v) is 15.9. The fraction of sp³-hybridized carbons (Fsp3) is 0.227. The highest BCUT2D eigenvalue weighted by Crippen LogP contribution is 2.10. The van der Waals surface area contributed by atoms with Crippen molar-refractivity contribution in [1.82, 2.24) is 20.2 Å². The number of nitrogens with zero attached hydrogens (tertiary/aromatic N) is 2. The van der Waals surface area contributed by atoms with E-state index in [-0.39, 0.29) is 18.2 Å². The Kier molecular flexibility index (Phi) is 6.57. The number of hydrogen-bond donors (Lipinski definition) is 2. The Morgan fingerprint density at radius 1 is 1.04 bits per heavy atom. The number of aryl methyl sites for hydroxylation is 1. The molecule has 28 heavy (non-hydrogen) atoms. The Hall–Kier alpha value is -3.41. The molecule has 0 aliphatic carbocycles. The lowest BCUT2D eigenvalue weighted by Crippen LogP contribution is -2.30. The van der Waals surface area contributed by atoms with Crippen molar-refractivity contribution in [3.05, 3.63) is 89.5 Å². The van der Waals surface area contributed by atoms with Crippen LogP contribution in [0.4, 0.5) is 0 Å². The van der Waals surface area contributed by atoms with Crippen molar-refractivity contribution in [2.24, 2.45) is 0 Å². The number of hydrogen-bond acceptors (Lipinski definition) is 3. The first-order valence-electron chi connectivity index (χ1n) is 9.26. The molecule has 0 fully saturated rings. The number of carbonyl (C=O) groups excluding carboxylic acids is 2. The molecule has 0 aliphatic rings. The van der Waals surface area contributed by atoms with Crippen LogP contribution in [0.3, 0.4) is 0 Å². The number of aromatic nitrogens is 2. The van der Waals surface area contributed by atoms with Gasteiger partial charge in [0.1, 0.15) is 0 Å². The van der Waals surface area contributed by atoms with Crippen LogP contribution in [0.2, 0.25) is 0 Å². The minimum Gasteiger partial charge on any atom is -0.352 e. The molecular weight excluding hydrogens is 352 g/mol. The zero-order valence-electron chi connectivity index (χ0n) is 15.9. The number of benzene rings is 2. The number of amides is 2. The summed E-state index contributed by atoms with van der Waals surface area (Å²) >= 11 is 0. The summed E-state index contributed by atoms with van der Waals surface area (Å²) in [4.78, 5) is 28.3. The highest BCUT2D eigenvalue weighted by Gasteiger charge is 2.08. The molecule has 2 aromatic carbocycles. The van der Waals surface area contributed by atoms with Gasteiger partial charge in [0, 0.05) is 44.0 Å². The number of imidazole rings is 1. The van der Waals surface area contributed by atoms with E-state index in [2.05, 4.69) is 15.6 Å². The van der Waals surface area contributed by atoms with E-state index in [9.17, 15) is 9.59 Å². The maximum absolute atomic E-state index is 12.1. The van der Waals surface area contributed by atoms with E-state index in [1.807, 2.05) is 60.2 Å². The average molecular weight is 376 g/mol. The van der Waals surface area contributed by atoms with Crippen LogP contribution in [0.1, 0.15) is 33.5 Å². The minimum atomic E-state index is -0.165. The topological polar surface area (TPSA) is 76.0 Å². The molecule has 2 N–H and O–H groups in total. The average Bonchev–Trinajstić information content (AvgIpc) is 3.20. The molecule has 6 heteroatoms. The van der Waals surface area contributed by atoms with Gasteiger partial charge in [-0.15, -0.1) is 0 Å². The van der Waals surface area contributed by atoms with Gasteiger partial charge in [0.15, 0.2) is 0 Å². The minimum absolute atomic E-state index is 0.0954. The quantitative estimate of drug-likeness (QED) is 0.635. The van der Waals surface area contributed by atoms with Crippen molar-refractivity contribution in [2.45, 2.75) is 26.4 Å². The third kappa shape index (κ3) is 5.54. The Balaban J connectivity index is 1.45. The summed E-state index contributed by atoms with van der Waals surface area (Å²) in [7, 11) is 0. The van der Waals surface area contributed by atoms with Crippen LogP contribution in [0, 0.1) is 6.92 Å². The molecule has 0 saturated heterocycles. The highest BCUT2D eigenvalue weighted by molar-refractivity contribution is 5.94. The molecule has 0 unspecified atom stereocenters. The van der Waals surface area contributed by atoms with E-state index in [1.165, 1.54) is 0 Å². The van der Waals surface area contributed by atoms with Crippen molar-refractivity contribution in [2.75, 3.05) is 6.54 Å². The SMILES string of the molecule is Cc1cccc(C(=O)NCCC(=O)NCc2ccccc2Cn2ccnc2)c1. The predicted octanol–water partition coefficient (Wildman–Crippen LogP) is 2.68. The Morgan fingerprint density at radius 3 is 2.61 bits per heavy atom. The standard InChI is InChI=1S/C22H24N4O2/c1-17-5-4-8-18(13-17)22(28)24-10-9-21(27)25-14-19-6-2-3-7-20(19)15-26-12-11-23-16-26/h2-8,11-13,16H,9-10,14-15H2,1H3,(H,24,28)(H,25,27). The Labute approximate surface area is 164 Å². The fourth-order valence-corrected chi connectivity index (χ4v) is 2.92. The highest BCUT2D eigenvalue weighted by atomic mass is 16.2. The predicted molar refractivity (Wildman–Crippen MR) is 108 cm³/mol. The molecule has 6 nitrogen and oxygen atoms in total. The molecule has 2 amide bonds.